The minimum absolute atomic E-state index is 0.581. The van der Waals surface area contributed by atoms with Gasteiger partial charge in [0.1, 0.15) is 16.9 Å². The Hall–Kier alpha value is -2.34. The SMILES string of the molecule is Clc1cncnc1N1CCN(c2nc3ccccc3o2)CC1. The van der Waals surface area contributed by atoms with Crippen LogP contribution in [0.5, 0.6) is 0 Å². The lowest BCUT2D eigenvalue weighted by atomic mass is 10.3. The van der Waals surface area contributed by atoms with E-state index < -0.39 is 0 Å². The van der Waals surface area contributed by atoms with E-state index in [9.17, 15) is 0 Å². The highest BCUT2D eigenvalue weighted by Crippen LogP contribution is 2.26. The highest BCUT2D eigenvalue weighted by molar-refractivity contribution is 6.32. The minimum Gasteiger partial charge on any atom is -0.423 e. The molecule has 3 aromatic rings. The highest BCUT2D eigenvalue weighted by Gasteiger charge is 2.23. The zero-order valence-electron chi connectivity index (χ0n) is 11.8. The van der Waals surface area contributed by atoms with E-state index in [1.807, 2.05) is 24.3 Å². The van der Waals surface area contributed by atoms with Crippen molar-refractivity contribution in [1.82, 2.24) is 15.0 Å². The van der Waals surface area contributed by atoms with Gasteiger partial charge in [-0.3, -0.25) is 0 Å². The number of rotatable bonds is 2. The Labute approximate surface area is 132 Å². The van der Waals surface area contributed by atoms with E-state index in [4.69, 9.17) is 16.0 Å². The predicted octanol–water partition coefficient (Wildman–Crippen LogP) is 2.60. The van der Waals surface area contributed by atoms with Gasteiger partial charge in [0.2, 0.25) is 0 Å². The third kappa shape index (κ3) is 2.35. The molecule has 1 saturated heterocycles. The molecule has 0 saturated carbocycles. The summed E-state index contributed by atoms with van der Waals surface area (Å²) in [6, 6.07) is 8.48. The van der Waals surface area contributed by atoms with Crippen LogP contribution in [0.3, 0.4) is 0 Å². The lowest BCUT2D eigenvalue weighted by Gasteiger charge is -2.34. The summed E-state index contributed by atoms with van der Waals surface area (Å²) in [5.41, 5.74) is 1.71. The summed E-state index contributed by atoms with van der Waals surface area (Å²) in [6.45, 7) is 3.26. The van der Waals surface area contributed by atoms with E-state index in [0.29, 0.717) is 11.0 Å². The van der Waals surface area contributed by atoms with Crippen molar-refractivity contribution in [3.05, 3.63) is 41.8 Å². The van der Waals surface area contributed by atoms with Crippen molar-refractivity contribution >= 4 is 34.5 Å². The lowest BCUT2D eigenvalue weighted by Crippen LogP contribution is -2.47. The topological polar surface area (TPSA) is 58.3 Å². The van der Waals surface area contributed by atoms with Crippen LogP contribution >= 0.6 is 11.6 Å². The van der Waals surface area contributed by atoms with Crippen molar-refractivity contribution in [2.45, 2.75) is 0 Å². The molecule has 1 aliphatic rings. The second-order valence-electron chi connectivity index (χ2n) is 5.13. The summed E-state index contributed by atoms with van der Waals surface area (Å²) >= 11 is 6.15. The Morgan fingerprint density at radius 2 is 1.82 bits per heavy atom. The Kier molecular flexibility index (Phi) is 3.31. The molecule has 0 unspecified atom stereocenters. The molecular formula is C15H14ClN5O. The van der Waals surface area contributed by atoms with Crippen molar-refractivity contribution in [2.75, 3.05) is 36.0 Å². The van der Waals surface area contributed by atoms with Gasteiger partial charge in [-0.05, 0) is 12.1 Å². The number of oxazole rings is 1. The first kappa shape index (κ1) is 13.3. The van der Waals surface area contributed by atoms with Gasteiger partial charge in [0, 0.05) is 26.2 Å². The standard InChI is InChI=1S/C15H14ClN5O/c16-11-9-17-10-18-14(11)20-5-7-21(8-6-20)15-19-12-3-1-2-4-13(12)22-15/h1-4,9-10H,5-8H2. The molecule has 0 aliphatic carbocycles. The maximum atomic E-state index is 6.15. The van der Waals surface area contributed by atoms with Crippen molar-refractivity contribution in [3.8, 4) is 0 Å². The Balaban J connectivity index is 1.51. The summed E-state index contributed by atoms with van der Waals surface area (Å²) < 4.78 is 5.82. The number of halogens is 1. The molecule has 0 amide bonds. The zero-order chi connectivity index (χ0) is 14.9. The number of benzene rings is 1. The average molecular weight is 316 g/mol. The van der Waals surface area contributed by atoms with Gasteiger partial charge in [-0.2, -0.15) is 4.98 Å². The van der Waals surface area contributed by atoms with Crippen LogP contribution < -0.4 is 9.80 Å². The van der Waals surface area contributed by atoms with Crippen LogP contribution in [0, 0.1) is 0 Å². The quantitative estimate of drug-likeness (QED) is 0.724. The first-order valence-electron chi connectivity index (χ1n) is 7.12. The van der Waals surface area contributed by atoms with Crippen LogP contribution in [-0.2, 0) is 0 Å². The van der Waals surface area contributed by atoms with E-state index in [1.165, 1.54) is 6.33 Å². The van der Waals surface area contributed by atoms with Gasteiger partial charge in [0.05, 0.1) is 6.20 Å². The summed E-state index contributed by atoms with van der Waals surface area (Å²) in [6.07, 6.45) is 3.14. The van der Waals surface area contributed by atoms with E-state index in [-0.39, 0.29) is 0 Å². The van der Waals surface area contributed by atoms with E-state index in [0.717, 1.165) is 43.1 Å². The third-order valence-corrected chi connectivity index (χ3v) is 4.05. The monoisotopic (exact) mass is 315 g/mol. The molecule has 0 atom stereocenters. The maximum Gasteiger partial charge on any atom is 0.298 e. The molecule has 1 fully saturated rings. The summed E-state index contributed by atoms with van der Waals surface area (Å²) in [4.78, 5) is 17.0. The number of hydrogen-bond acceptors (Lipinski definition) is 6. The van der Waals surface area contributed by atoms with Crippen LogP contribution in [0.1, 0.15) is 0 Å². The molecule has 0 bridgehead atoms. The van der Waals surface area contributed by atoms with Crippen LogP contribution in [0.25, 0.3) is 11.1 Å². The lowest BCUT2D eigenvalue weighted by molar-refractivity contribution is 0.540. The van der Waals surface area contributed by atoms with Crippen LogP contribution in [0.2, 0.25) is 5.02 Å². The number of nitrogens with zero attached hydrogens (tertiary/aromatic N) is 5. The molecule has 1 aliphatic heterocycles. The predicted molar refractivity (Wildman–Crippen MR) is 85.5 cm³/mol. The second kappa shape index (κ2) is 5.46. The fourth-order valence-corrected chi connectivity index (χ4v) is 2.87. The Morgan fingerprint density at radius 1 is 1.05 bits per heavy atom. The molecule has 0 radical (unpaired) electrons. The maximum absolute atomic E-state index is 6.15. The normalized spacial score (nSPS) is 15.5. The molecule has 22 heavy (non-hydrogen) atoms. The number of para-hydroxylation sites is 2. The van der Waals surface area contributed by atoms with Gasteiger partial charge in [-0.25, -0.2) is 9.97 Å². The Bertz CT molecular complexity index is 764. The first-order chi connectivity index (χ1) is 10.8. The number of aromatic nitrogens is 3. The molecule has 3 heterocycles. The van der Waals surface area contributed by atoms with E-state index in [2.05, 4.69) is 24.8 Å². The minimum atomic E-state index is 0.581. The number of anilines is 2. The first-order valence-corrected chi connectivity index (χ1v) is 7.50. The zero-order valence-corrected chi connectivity index (χ0v) is 12.6. The van der Waals surface area contributed by atoms with Gasteiger partial charge >= 0.3 is 0 Å². The molecule has 1 aromatic carbocycles. The van der Waals surface area contributed by atoms with E-state index >= 15 is 0 Å². The van der Waals surface area contributed by atoms with Crippen LogP contribution in [-0.4, -0.2) is 41.1 Å². The van der Waals surface area contributed by atoms with Gasteiger partial charge in [-0.15, -0.1) is 0 Å². The molecule has 7 heteroatoms. The molecule has 6 nitrogen and oxygen atoms in total. The fourth-order valence-electron chi connectivity index (χ4n) is 2.64. The summed E-state index contributed by atoms with van der Waals surface area (Å²) in [5.74, 6) is 0.786. The number of fused-ring (bicyclic) bond motifs is 1. The molecule has 4 rings (SSSR count). The van der Waals surface area contributed by atoms with Gasteiger partial charge in [0.15, 0.2) is 11.4 Å². The van der Waals surface area contributed by atoms with Gasteiger partial charge in [-0.1, -0.05) is 23.7 Å². The van der Waals surface area contributed by atoms with Crippen molar-refractivity contribution in [1.29, 1.82) is 0 Å². The van der Waals surface area contributed by atoms with Crippen molar-refractivity contribution < 1.29 is 4.42 Å². The van der Waals surface area contributed by atoms with E-state index in [1.54, 1.807) is 6.20 Å². The largest absolute Gasteiger partial charge is 0.423 e. The van der Waals surface area contributed by atoms with Crippen LogP contribution in [0.15, 0.2) is 41.2 Å². The number of piperazine rings is 1. The van der Waals surface area contributed by atoms with Gasteiger partial charge in [0.25, 0.3) is 6.01 Å². The summed E-state index contributed by atoms with van der Waals surface area (Å²) in [5, 5.41) is 0.581. The smallest absolute Gasteiger partial charge is 0.298 e. The molecule has 2 aromatic heterocycles. The summed E-state index contributed by atoms with van der Waals surface area (Å²) in [7, 11) is 0. The molecule has 112 valence electrons. The molecule has 0 N–H and O–H groups in total. The highest BCUT2D eigenvalue weighted by atomic mass is 35.5. The van der Waals surface area contributed by atoms with Crippen LogP contribution in [0.4, 0.5) is 11.8 Å². The van der Waals surface area contributed by atoms with Gasteiger partial charge < -0.3 is 14.2 Å². The third-order valence-electron chi connectivity index (χ3n) is 3.78. The second-order valence-corrected chi connectivity index (χ2v) is 5.54. The Morgan fingerprint density at radius 3 is 2.59 bits per heavy atom. The molecule has 0 spiro atoms. The fraction of sp³-hybridized carbons (Fsp3) is 0.267. The van der Waals surface area contributed by atoms with Crippen molar-refractivity contribution in [3.63, 3.8) is 0 Å². The average Bonchev–Trinajstić information content (AvgIpc) is 2.99. The number of hydrogen-bond donors (Lipinski definition) is 0. The molecular weight excluding hydrogens is 302 g/mol. The van der Waals surface area contributed by atoms with Crippen molar-refractivity contribution in [2.24, 2.45) is 0 Å².